The van der Waals surface area contributed by atoms with Gasteiger partial charge in [-0.3, -0.25) is 9.69 Å². The molecule has 1 amide bonds. The number of likely N-dealkylation sites (tertiary alicyclic amines) is 1. The minimum atomic E-state index is -0.147. The predicted molar refractivity (Wildman–Crippen MR) is 113 cm³/mol. The van der Waals surface area contributed by atoms with E-state index in [1.807, 2.05) is 31.2 Å². The quantitative estimate of drug-likeness (QED) is 0.694. The molecule has 1 aliphatic heterocycles. The van der Waals surface area contributed by atoms with Gasteiger partial charge in [0.1, 0.15) is 5.75 Å². The number of benzene rings is 2. The Hall–Kier alpha value is -2.79. The fourth-order valence-electron chi connectivity index (χ4n) is 4.12. The second kappa shape index (κ2) is 8.07. The van der Waals surface area contributed by atoms with Crippen LogP contribution < -0.4 is 10.1 Å². The van der Waals surface area contributed by atoms with E-state index in [1.165, 1.54) is 16.5 Å². The lowest BCUT2D eigenvalue weighted by Gasteiger charge is -2.35. The summed E-state index contributed by atoms with van der Waals surface area (Å²) in [6.07, 6.45) is 4.30. The molecule has 2 N–H and O–H groups in total. The number of piperidine rings is 1. The molecule has 0 bridgehead atoms. The van der Waals surface area contributed by atoms with Gasteiger partial charge >= 0.3 is 0 Å². The highest BCUT2D eigenvalue weighted by Crippen LogP contribution is 2.33. The van der Waals surface area contributed by atoms with Crippen molar-refractivity contribution in [2.24, 2.45) is 0 Å². The molecular weight excluding hydrogens is 350 g/mol. The molecule has 1 fully saturated rings. The van der Waals surface area contributed by atoms with Crippen LogP contribution in [0.5, 0.6) is 5.75 Å². The number of hydrogen-bond donors (Lipinski definition) is 2. The summed E-state index contributed by atoms with van der Waals surface area (Å²) in [5.74, 6) is 1.37. The van der Waals surface area contributed by atoms with Crippen molar-refractivity contribution in [2.45, 2.75) is 31.7 Å². The molecule has 5 nitrogen and oxygen atoms in total. The third kappa shape index (κ3) is 3.76. The first-order chi connectivity index (χ1) is 13.7. The number of nitrogens with zero attached hydrogens (tertiary/aromatic N) is 1. The SMILES string of the molecule is COc1ccc(NC(=O)[C@@H](C)N2CCC(c3c[nH]c4ccccc34)CC2)cc1. The molecule has 0 aliphatic carbocycles. The molecule has 5 heteroatoms. The number of carbonyl (C=O) groups excluding carboxylic acids is 1. The monoisotopic (exact) mass is 377 g/mol. The number of rotatable bonds is 5. The molecule has 28 heavy (non-hydrogen) atoms. The topological polar surface area (TPSA) is 57.4 Å². The summed E-state index contributed by atoms with van der Waals surface area (Å²) < 4.78 is 5.16. The smallest absolute Gasteiger partial charge is 0.241 e. The molecule has 0 radical (unpaired) electrons. The number of para-hydroxylation sites is 1. The van der Waals surface area contributed by atoms with Crippen LogP contribution >= 0.6 is 0 Å². The number of aromatic amines is 1. The van der Waals surface area contributed by atoms with Gasteiger partial charge in [-0.25, -0.2) is 0 Å². The minimum Gasteiger partial charge on any atom is -0.497 e. The average molecular weight is 377 g/mol. The van der Waals surface area contributed by atoms with Crippen LogP contribution in [0.25, 0.3) is 10.9 Å². The van der Waals surface area contributed by atoms with E-state index in [0.717, 1.165) is 37.4 Å². The lowest BCUT2D eigenvalue weighted by atomic mass is 9.88. The van der Waals surface area contributed by atoms with Crippen LogP contribution in [0.15, 0.2) is 54.7 Å². The Bertz CT molecular complexity index is 940. The van der Waals surface area contributed by atoms with E-state index in [0.29, 0.717) is 5.92 Å². The zero-order valence-corrected chi connectivity index (χ0v) is 16.4. The summed E-state index contributed by atoms with van der Waals surface area (Å²) in [6.45, 7) is 3.85. The Morgan fingerprint density at radius 3 is 2.57 bits per heavy atom. The van der Waals surface area contributed by atoms with Crippen LogP contribution in [0.2, 0.25) is 0 Å². The molecule has 1 aliphatic rings. The van der Waals surface area contributed by atoms with E-state index in [-0.39, 0.29) is 11.9 Å². The van der Waals surface area contributed by atoms with E-state index < -0.39 is 0 Å². The third-order valence-electron chi connectivity index (χ3n) is 5.88. The van der Waals surface area contributed by atoms with Gasteiger partial charge in [0.25, 0.3) is 0 Å². The van der Waals surface area contributed by atoms with Gasteiger partial charge in [0.15, 0.2) is 0 Å². The Balaban J connectivity index is 1.35. The van der Waals surface area contributed by atoms with Crippen LogP contribution in [0.4, 0.5) is 5.69 Å². The summed E-state index contributed by atoms with van der Waals surface area (Å²) in [5.41, 5.74) is 3.41. The first kappa shape index (κ1) is 18.6. The van der Waals surface area contributed by atoms with Gasteiger partial charge < -0.3 is 15.0 Å². The van der Waals surface area contributed by atoms with Gasteiger partial charge in [0.2, 0.25) is 5.91 Å². The van der Waals surface area contributed by atoms with Crippen molar-refractivity contribution in [1.29, 1.82) is 0 Å². The van der Waals surface area contributed by atoms with E-state index in [9.17, 15) is 4.79 Å². The number of anilines is 1. The second-order valence-electron chi connectivity index (χ2n) is 7.49. The first-order valence-corrected chi connectivity index (χ1v) is 9.90. The van der Waals surface area contributed by atoms with Crippen molar-refractivity contribution in [3.05, 3.63) is 60.3 Å². The van der Waals surface area contributed by atoms with Crippen molar-refractivity contribution in [3.8, 4) is 5.75 Å². The molecule has 146 valence electrons. The maximum Gasteiger partial charge on any atom is 0.241 e. The van der Waals surface area contributed by atoms with E-state index in [4.69, 9.17) is 4.74 Å². The normalized spacial score (nSPS) is 16.8. The van der Waals surface area contributed by atoms with Gasteiger partial charge in [-0.1, -0.05) is 18.2 Å². The second-order valence-corrected chi connectivity index (χ2v) is 7.49. The number of amides is 1. The summed E-state index contributed by atoms with van der Waals surface area (Å²) in [7, 11) is 1.63. The van der Waals surface area contributed by atoms with Gasteiger partial charge in [-0.15, -0.1) is 0 Å². The van der Waals surface area contributed by atoms with Crippen LogP contribution in [0, 0.1) is 0 Å². The molecule has 2 aromatic carbocycles. The highest BCUT2D eigenvalue weighted by molar-refractivity contribution is 5.94. The molecule has 0 spiro atoms. The molecule has 3 aromatic rings. The fraction of sp³-hybridized carbons (Fsp3) is 0.348. The Morgan fingerprint density at radius 1 is 1.14 bits per heavy atom. The molecule has 1 saturated heterocycles. The zero-order valence-electron chi connectivity index (χ0n) is 16.4. The Labute approximate surface area is 165 Å². The van der Waals surface area contributed by atoms with E-state index >= 15 is 0 Å². The number of aromatic nitrogens is 1. The maximum absolute atomic E-state index is 12.7. The first-order valence-electron chi connectivity index (χ1n) is 9.90. The van der Waals surface area contributed by atoms with Gasteiger partial charge in [-0.05, 0) is 74.7 Å². The highest BCUT2D eigenvalue weighted by atomic mass is 16.5. The molecule has 1 aromatic heterocycles. The van der Waals surface area contributed by atoms with Crippen molar-refractivity contribution in [1.82, 2.24) is 9.88 Å². The van der Waals surface area contributed by atoms with Gasteiger partial charge in [0, 0.05) is 22.8 Å². The molecule has 0 unspecified atom stereocenters. The number of H-pyrrole nitrogens is 1. The Kier molecular flexibility index (Phi) is 5.35. The van der Waals surface area contributed by atoms with E-state index in [2.05, 4.69) is 45.7 Å². The number of hydrogen-bond acceptors (Lipinski definition) is 3. The van der Waals surface area contributed by atoms with Crippen LogP contribution in [0.3, 0.4) is 0 Å². The minimum absolute atomic E-state index is 0.0377. The van der Waals surface area contributed by atoms with Crippen molar-refractivity contribution < 1.29 is 9.53 Å². The summed E-state index contributed by atoms with van der Waals surface area (Å²) >= 11 is 0. The average Bonchev–Trinajstić information content (AvgIpc) is 3.18. The summed E-state index contributed by atoms with van der Waals surface area (Å²) in [6, 6.07) is 15.8. The van der Waals surface area contributed by atoms with Crippen LogP contribution in [0.1, 0.15) is 31.2 Å². The third-order valence-corrected chi connectivity index (χ3v) is 5.88. The molecule has 2 heterocycles. The highest BCUT2D eigenvalue weighted by Gasteiger charge is 2.28. The van der Waals surface area contributed by atoms with Crippen molar-refractivity contribution >= 4 is 22.5 Å². The molecule has 0 saturated carbocycles. The predicted octanol–water partition coefficient (Wildman–Crippen LogP) is 4.38. The molecule has 1 atom stereocenters. The fourth-order valence-corrected chi connectivity index (χ4v) is 4.12. The van der Waals surface area contributed by atoms with Crippen molar-refractivity contribution in [2.75, 3.05) is 25.5 Å². The van der Waals surface area contributed by atoms with Gasteiger partial charge in [0.05, 0.1) is 13.2 Å². The number of fused-ring (bicyclic) bond motifs is 1. The maximum atomic E-state index is 12.7. The number of methoxy groups -OCH3 is 1. The van der Waals surface area contributed by atoms with Crippen molar-refractivity contribution in [3.63, 3.8) is 0 Å². The molecule has 4 rings (SSSR count). The van der Waals surface area contributed by atoms with Crippen LogP contribution in [-0.2, 0) is 4.79 Å². The number of carbonyl (C=O) groups is 1. The van der Waals surface area contributed by atoms with E-state index in [1.54, 1.807) is 7.11 Å². The number of nitrogens with one attached hydrogen (secondary N) is 2. The largest absolute Gasteiger partial charge is 0.497 e. The summed E-state index contributed by atoms with van der Waals surface area (Å²) in [4.78, 5) is 18.3. The number of ether oxygens (including phenoxy) is 1. The lowest BCUT2D eigenvalue weighted by Crippen LogP contribution is -2.45. The summed E-state index contributed by atoms with van der Waals surface area (Å²) in [5, 5.41) is 4.34. The standard InChI is InChI=1S/C23H27N3O2/c1-16(23(27)25-18-7-9-19(28-2)10-8-18)26-13-11-17(12-14-26)21-15-24-22-6-4-3-5-20(21)22/h3-10,15-17,24H,11-14H2,1-2H3,(H,25,27)/t16-/m1/s1. The Morgan fingerprint density at radius 2 is 1.86 bits per heavy atom. The van der Waals surface area contributed by atoms with Gasteiger partial charge in [-0.2, -0.15) is 0 Å². The lowest BCUT2D eigenvalue weighted by molar-refractivity contribution is -0.121. The van der Waals surface area contributed by atoms with Crippen LogP contribution in [-0.4, -0.2) is 42.0 Å². The molecular formula is C23H27N3O2. The zero-order chi connectivity index (χ0) is 19.5.